The van der Waals surface area contributed by atoms with Gasteiger partial charge in [0, 0.05) is 6.42 Å². The molecule has 1 aromatic rings. The lowest BCUT2D eigenvalue weighted by atomic mass is 9.80. The lowest BCUT2D eigenvalue weighted by Crippen LogP contribution is -2.33. The highest BCUT2D eigenvalue weighted by molar-refractivity contribution is 6.29. The quantitative estimate of drug-likeness (QED) is 0.865. The van der Waals surface area contributed by atoms with Crippen LogP contribution in [-0.2, 0) is 4.79 Å². The summed E-state index contributed by atoms with van der Waals surface area (Å²) in [7, 11) is 0. The molecule has 0 saturated carbocycles. The molecule has 0 aromatic heterocycles. The normalized spacial score (nSPS) is 21.5. The zero-order valence-corrected chi connectivity index (χ0v) is 9.97. The lowest BCUT2D eigenvalue weighted by Gasteiger charge is -2.27. The van der Waals surface area contributed by atoms with Gasteiger partial charge in [0.2, 0.25) is 0 Å². The van der Waals surface area contributed by atoms with Gasteiger partial charge in [0.05, 0.1) is 22.9 Å². The van der Waals surface area contributed by atoms with Crippen LogP contribution in [0, 0.1) is 5.92 Å². The van der Waals surface area contributed by atoms with Gasteiger partial charge in [0.25, 0.3) is 0 Å². The van der Waals surface area contributed by atoms with E-state index < -0.39 is 0 Å². The molecular formula is C14H15NO2. The van der Waals surface area contributed by atoms with Gasteiger partial charge in [-0.1, -0.05) is 25.1 Å². The van der Waals surface area contributed by atoms with Gasteiger partial charge >= 0.3 is 0 Å². The molecular weight excluding hydrogens is 214 g/mol. The van der Waals surface area contributed by atoms with E-state index in [0.29, 0.717) is 17.7 Å². The fourth-order valence-corrected chi connectivity index (χ4v) is 1.87. The molecule has 1 atom stereocenters. The maximum atomic E-state index is 11.7. The SMILES string of the molecule is CCC(=O)C1=C(O)C(C)C1=Nc1ccccc1. The van der Waals surface area contributed by atoms with Crippen LogP contribution < -0.4 is 0 Å². The summed E-state index contributed by atoms with van der Waals surface area (Å²) in [6.45, 7) is 3.63. The number of Topliss-reactive ketones (excluding diaryl/α,β-unsaturated/α-hetero) is 1. The van der Waals surface area contributed by atoms with Crippen molar-refractivity contribution in [1.82, 2.24) is 0 Å². The Morgan fingerprint density at radius 3 is 2.59 bits per heavy atom. The highest BCUT2D eigenvalue weighted by atomic mass is 16.3. The second-order valence-electron chi connectivity index (χ2n) is 4.09. The van der Waals surface area contributed by atoms with Crippen LogP contribution >= 0.6 is 0 Å². The van der Waals surface area contributed by atoms with Gasteiger partial charge in [0.1, 0.15) is 5.76 Å². The first-order valence-corrected chi connectivity index (χ1v) is 5.75. The van der Waals surface area contributed by atoms with Crippen molar-refractivity contribution in [3.63, 3.8) is 0 Å². The molecule has 88 valence electrons. The van der Waals surface area contributed by atoms with Crippen molar-refractivity contribution in [3.8, 4) is 0 Å². The van der Waals surface area contributed by atoms with E-state index in [-0.39, 0.29) is 17.5 Å². The number of aliphatic imine (C=N–C) groups is 1. The van der Waals surface area contributed by atoms with Gasteiger partial charge in [-0.15, -0.1) is 0 Å². The number of hydrogen-bond acceptors (Lipinski definition) is 3. The van der Waals surface area contributed by atoms with Crippen LogP contribution in [0.5, 0.6) is 0 Å². The molecule has 1 aromatic carbocycles. The van der Waals surface area contributed by atoms with E-state index in [1.165, 1.54) is 0 Å². The highest BCUT2D eigenvalue weighted by Crippen LogP contribution is 2.33. The average Bonchev–Trinajstić information content (AvgIpc) is 2.38. The molecule has 0 saturated heterocycles. The number of aliphatic hydroxyl groups is 1. The number of hydrogen-bond donors (Lipinski definition) is 1. The van der Waals surface area contributed by atoms with Crippen LogP contribution in [0.25, 0.3) is 0 Å². The minimum atomic E-state index is -0.138. The first-order chi connectivity index (χ1) is 8.15. The largest absolute Gasteiger partial charge is 0.511 e. The molecule has 0 fully saturated rings. The first-order valence-electron chi connectivity index (χ1n) is 5.75. The molecule has 3 nitrogen and oxygen atoms in total. The maximum absolute atomic E-state index is 11.7. The van der Waals surface area contributed by atoms with E-state index in [4.69, 9.17) is 0 Å². The third-order valence-corrected chi connectivity index (χ3v) is 2.94. The van der Waals surface area contributed by atoms with Gasteiger partial charge < -0.3 is 5.11 Å². The molecule has 1 aliphatic rings. The third-order valence-electron chi connectivity index (χ3n) is 2.94. The Morgan fingerprint density at radius 1 is 1.35 bits per heavy atom. The molecule has 2 rings (SSSR count). The fraction of sp³-hybridized carbons (Fsp3) is 0.286. The van der Waals surface area contributed by atoms with Crippen LogP contribution in [0.15, 0.2) is 46.7 Å². The number of carbonyl (C=O) groups is 1. The standard InChI is InChI=1S/C14H15NO2/c1-3-11(16)12-13(9(2)14(12)17)15-10-7-5-4-6-8-10/h4-9,17H,3H2,1-2H3. The van der Waals surface area contributed by atoms with E-state index in [2.05, 4.69) is 4.99 Å². The van der Waals surface area contributed by atoms with Crippen LogP contribution in [0.3, 0.4) is 0 Å². The Labute approximate surface area is 101 Å². The number of allylic oxidation sites excluding steroid dienone is 2. The molecule has 3 heteroatoms. The monoisotopic (exact) mass is 229 g/mol. The Morgan fingerprint density at radius 2 is 2.00 bits per heavy atom. The molecule has 0 spiro atoms. The van der Waals surface area contributed by atoms with Gasteiger partial charge in [-0.05, 0) is 19.1 Å². The molecule has 0 heterocycles. The minimum absolute atomic E-state index is 0.0460. The predicted molar refractivity (Wildman–Crippen MR) is 67.7 cm³/mol. The van der Waals surface area contributed by atoms with Crippen molar-refractivity contribution in [1.29, 1.82) is 0 Å². The van der Waals surface area contributed by atoms with E-state index in [1.807, 2.05) is 37.3 Å². The average molecular weight is 229 g/mol. The fourth-order valence-electron chi connectivity index (χ4n) is 1.87. The minimum Gasteiger partial charge on any atom is -0.511 e. The Balaban J connectivity index is 2.35. The van der Waals surface area contributed by atoms with Crippen molar-refractivity contribution in [2.45, 2.75) is 20.3 Å². The maximum Gasteiger partial charge on any atom is 0.167 e. The van der Waals surface area contributed by atoms with Crippen LogP contribution in [0.1, 0.15) is 20.3 Å². The summed E-state index contributed by atoms with van der Waals surface area (Å²) in [5.41, 5.74) is 1.91. The summed E-state index contributed by atoms with van der Waals surface area (Å²) in [4.78, 5) is 16.1. The molecule has 0 aliphatic heterocycles. The zero-order chi connectivity index (χ0) is 12.4. The summed E-state index contributed by atoms with van der Waals surface area (Å²) in [6, 6.07) is 9.47. The highest BCUT2D eigenvalue weighted by Gasteiger charge is 2.36. The number of aliphatic hydroxyl groups excluding tert-OH is 1. The Kier molecular flexibility index (Phi) is 3.09. The van der Waals surface area contributed by atoms with E-state index in [9.17, 15) is 9.90 Å². The Bertz CT molecular complexity index is 500. The van der Waals surface area contributed by atoms with E-state index >= 15 is 0 Å². The van der Waals surface area contributed by atoms with Crippen molar-refractivity contribution < 1.29 is 9.90 Å². The summed E-state index contributed by atoms with van der Waals surface area (Å²) in [5, 5.41) is 9.70. The van der Waals surface area contributed by atoms with Crippen LogP contribution in [-0.4, -0.2) is 16.6 Å². The number of rotatable bonds is 3. The molecule has 1 unspecified atom stereocenters. The van der Waals surface area contributed by atoms with Gasteiger partial charge in [-0.25, -0.2) is 0 Å². The van der Waals surface area contributed by atoms with Gasteiger partial charge in [0.15, 0.2) is 5.78 Å². The number of benzene rings is 1. The summed E-state index contributed by atoms with van der Waals surface area (Å²) in [5.74, 6) is -0.0116. The van der Waals surface area contributed by atoms with Crippen LogP contribution in [0.2, 0.25) is 0 Å². The number of para-hydroxylation sites is 1. The molecule has 17 heavy (non-hydrogen) atoms. The molecule has 0 bridgehead atoms. The second-order valence-corrected chi connectivity index (χ2v) is 4.09. The number of carbonyl (C=O) groups excluding carboxylic acids is 1. The zero-order valence-electron chi connectivity index (χ0n) is 9.97. The van der Waals surface area contributed by atoms with Crippen molar-refractivity contribution in [2.75, 3.05) is 0 Å². The summed E-state index contributed by atoms with van der Waals surface area (Å²) >= 11 is 0. The first kappa shape index (κ1) is 11.6. The van der Waals surface area contributed by atoms with Crippen molar-refractivity contribution in [3.05, 3.63) is 41.7 Å². The molecule has 1 N–H and O–H groups in total. The molecule has 1 aliphatic carbocycles. The molecule has 0 amide bonds. The van der Waals surface area contributed by atoms with Gasteiger partial charge in [-0.2, -0.15) is 0 Å². The van der Waals surface area contributed by atoms with Crippen molar-refractivity contribution in [2.24, 2.45) is 10.9 Å². The number of ketones is 1. The van der Waals surface area contributed by atoms with E-state index in [0.717, 1.165) is 5.69 Å². The smallest absolute Gasteiger partial charge is 0.167 e. The summed E-state index contributed by atoms with van der Waals surface area (Å²) in [6.07, 6.45) is 0.389. The lowest BCUT2D eigenvalue weighted by molar-refractivity contribution is -0.115. The third kappa shape index (κ3) is 2.00. The Hall–Kier alpha value is -1.90. The molecule has 0 radical (unpaired) electrons. The predicted octanol–water partition coefficient (Wildman–Crippen LogP) is 3.20. The topological polar surface area (TPSA) is 49.7 Å². The van der Waals surface area contributed by atoms with Crippen LogP contribution in [0.4, 0.5) is 5.69 Å². The van der Waals surface area contributed by atoms with Crippen molar-refractivity contribution >= 4 is 17.2 Å². The second kappa shape index (κ2) is 4.53. The number of nitrogens with zero attached hydrogens (tertiary/aromatic N) is 1. The van der Waals surface area contributed by atoms with Gasteiger partial charge in [-0.3, -0.25) is 9.79 Å². The van der Waals surface area contributed by atoms with E-state index in [1.54, 1.807) is 6.92 Å². The summed E-state index contributed by atoms with van der Waals surface area (Å²) < 4.78 is 0.